The fourth-order valence-electron chi connectivity index (χ4n) is 4.55. The molecule has 4 aromatic rings. The molecular weight excluding hydrogens is 545 g/mol. The highest BCUT2D eigenvalue weighted by Gasteiger charge is 2.32. The highest BCUT2D eigenvalue weighted by molar-refractivity contribution is 5.76. The highest BCUT2D eigenvalue weighted by Crippen LogP contribution is 2.39. The molecule has 9 heteroatoms. The number of rotatable bonds is 10. The summed E-state index contributed by atoms with van der Waals surface area (Å²) >= 11 is 0. The molecule has 0 aliphatic rings. The van der Waals surface area contributed by atoms with Crippen LogP contribution in [0.15, 0.2) is 91.1 Å². The molecule has 1 heterocycles. The van der Waals surface area contributed by atoms with Gasteiger partial charge >= 0.3 is 12.3 Å². The number of ether oxygens (including phenoxy) is 2. The third-order valence-corrected chi connectivity index (χ3v) is 6.84. The number of aliphatic hydroxyl groups is 1. The topological polar surface area (TPSA) is 71.9 Å². The summed E-state index contributed by atoms with van der Waals surface area (Å²) in [6.07, 6.45) is -5.03. The number of methoxy groups -OCH3 is 1. The summed E-state index contributed by atoms with van der Waals surface area (Å²) in [5, 5.41) is 10.5. The molecule has 0 radical (unpaired) electrons. The minimum Gasteiger partial charge on any atom is -0.496 e. The molecule has 1 unspecified atom stereocenters. The summed E-state index contributed by atoms with van der Waals surface area (Å²) in [5.74, 6) is 0.665. The predicted molar refractivity (Wildman–Crippen MR) is 154 cm³/mol. The van der Waals surface area contributed by atoms with Crippen molar-refractivity contribution in [3.8, 4) is 16.9 Å². The van der Waals surface area contributed by atoms with Gasteiger partial charge in [0.15, 0.2) is 0 Å². The molecule has 0 saturated heterocycles. The van der Waals surface area contributed by atoms with Gasteiger partial charge in [-0.25, -0.2) is 4.79 Å². The number of nitrogens with zero attached hydrogens (tertiary/aromatic N) is 2. The van der Waals surface area contributed by atoms with Gasteiger partial charge in [-0.3, -0.25) is 9.88 Å². The zero-order valence-electron chi connectivity index (χ0n) is 23.6. The third kappa shape index (κ3) is 7.67. The molecule has 0 aliphatic carbocycles. The Morgan fingerprint density at radius 2 is 1.67 bits per heavy atom. The van der Waals surface area contributed by atoms with E-state index < -0.39 is 23.9 Å². The van der Waals surface area contributed by atoms with E-state index >= 15 is 0 Å². The molecule has 0 spiro atoms. The summed E-state index contributed by atoms with van der Waals surface area (Å²) in [6.45, 7) is 3.55. The number of aliphatic hydroxyl groups excluding tert-OH is 1. The lowest BCUT2D eigenvalue weighted by atomic mass is 9.92. The molecular formula is C33H33F3N2O4. The fraction of sp³-hybridized carbons (Fsp3) is 0.273. The molecule has 3 aromatic carbocycles. The number of aromatic nitrogens is 1. The van der Waals surface area contributed by atoms with Crippen LogP contribution in [-0.2, 0) is 24.0 Å². The first-order valence-electron chi connectivity index (χ1n) is 13.5. The molecule has 1 aromatic heterocycles. The van der Waals surface area contributed by atoms with E-state index in [9.17, 15) is 23.1 Å². The van der Waals surface area contributed by atoms with Gasteiger partial charge in [0.1, 0.15) is 18.5 Å². The smallest absolute Gasteiger partial charge is 0.416 e. The van der Waals surface area contributed by atoms with E-state index in [1.807, 2.05) is 56.3 Å². The third-order valence-electron chi connectivity index (χ3n) is 6.84. The van der Waals surface area contributed by atoms with Crippen LogP contribution in [-0.4, -0.2) is 34.8 Å². The Kier molecular flexibility index (Phi) is 9.85. The predicted octanol–water partition coefficient (Wildman–Crippen LogP) is 7.77. The molecule has 0 fully saturated rings. The van der Waals surface area contributed by atoms with Crippen LogP contribution in [0, 0.1) is 0 Å². The summed E-state index contributed by atoms with van der Waals surface area (Å²) in [6, 6.07) is 23.2. The van der Waals surface area contributed by atoms with Gasteiger partial charge in [-0.2, -0.15) is 13.2 Å². The van der Waals surface area contributed by atoms with E-state index in [2.05, 4.69) is 4.98 Å². The molecule has 1 amide bonds. The minimum absolute atomic E-state index is 0.0677. The lowest BCUT2D eigenvalue weighted by Gasteiger charge is -2.25. The average Bonchev–Trinajstić information content (AvgIpc) is 2.99. The SMILES string of the molecule is COc1ccc(C(C)C)cc1-c1ccc(C(F)(F)F)cc1CN(Cc1ccccc1)C(=O)OCC(O)c1ccccn1. The van der Waals surface area contributed by atoms with Crippen LogP contribution in [0.1, 0.15) is 53.8 Å². The molecule has 42 heavy (non-hydrogen) atoms. The van der Waals surface area contributed by atoms with Gasteiger partial charge in [0.2, 0.25) is 0 Å². The molecule has 4 rings (SSSR count). The van der Waals surface area contributed by atoms with Crippen molar-refractivity contribution in [2.45, 2.75) is 45.1 Å². The Labute approximate surface area is 243 Å². The lowest BCUT2D eigenvalue weighted by Crippen LogP contribution is -2.32. The number of benzene rings is 3. The molecule has 1 N–H and O–H groups in total. The lowest BCUT2D eigenvalue weighted by molar-refractivity contribution is -0.137. The van der Waals surface area contributed by atoms with Crippen molar-refractivity contribution in [2.24, 2.45) is 0 Å². The second kappa shape index (κ2) is 13.5. The number of alkyl halides is 3. The number of halogens is 3. The molecule has 6 nitrogen and oxygen atoms in total. The fourth-order valence-corrected chi connectivity index (χ4v) is 4.55. The van der Waals surface area contributed by atoms with Gasteiger partial charge in [-0.15, -0.1) is 0 Å². The highest BCUT2D eigenvalue weighted by atomic mass is 19.4. The van der Waals surface area contributed by atoms with Crippen LogP contribution in [0.2, 0.25) is 0 Å². The van der Waals surface area contributed by atoms with Gasteiger partial charge < -0.3 is 14.6 Å². The molecule has 220 valence electrons. The van der Waals surface area contributed by atoms with Crippen LogP contribution in [0.25, 0.3) is 11.1 Å². The van der Waals surface area contributed by atoms with Crippen molar-refractivity contribution >= 4 is 6.09 Å². The van der Waals surface area contributed by atoms with E-state index in [1.54, 1.807) is 24.3 Å². The maximum Gasteiger partial charge on any atom is 0.416 e. The normalized spacial score (nSPS) is 12.2. The number of carbonyl (C=O) groups is 1. The Morgan fingerprint density at radius 1 is 0.929 bits per heavy atom. The van der Waals surface area contributed by atoms with Gasteiger partial charge in [0.25, 0.3) is 0 Å². The number of carbonyl (C=O) groups excluding carboxylic acids is 1. The van der Waals surface area contributed by atoms with Crippen molar-refractivity contribution in [1.82, 2.24) is 9.88 Å². The molecule has 0 aliphatic heterocycles. The van der Waals surface area contributed by atoms with Crippen LogP contribution >= 0.6 is 0 Å². The first-order chi connectivity index (χ1) is 20.1. The zero-order chi connectivity index (χ0) is 30.3. The maximum atomic E-state index is 13.9. The van der Waals surface area contributed by atoms with E-state index in [-0.39, 0.29) is 31.2 Å². The van der Waals surface area contributed by atoms with Gasteiger partial charge in [0.05, 0.1) is 18.4 Å². The quantitative estimate of drug-likeness (QED) is 0.208. The van der Waals surface area contributed by atoms with Crippen molar-refractivity contribution in [3.05, 3.63) is 119 Å². The maximum absolute atomic E-state index is 13.9. The Hall–Kier alpha value is -4.37. The van der Waals surface area contributed by atoms with E-state index in [0.29, 0.717) is 22.6 Å². The van der Waals surface area contributed by atoms with E-state index in [4.69, 9.17) is 9.47 Å². The van der Waals surface area contributed by atoms with Gasteiger partial charge in [-0.1, -0.05) is 62.4 Å². The van der Waals surface area contributed by atoms with Crippen molar-refractivity contribution in [1.29, 1.82) is 0 Å². The monoisotopic (exact) mass is 578 g/mol. The minimum atomic E-state index is -4.59. The first kappa shape index (κ1) is 30.6. The molecule has 0 bridgehead atoms. The standard InChI is InChI=1S/C33H33F3N2O4/c1-22(2)24-12-15-31(41-3)28(18-24)27-14-13-26(33(34,35)36)17-25(27)20-38(19-23-9-5-4-6-10-23)32(40)42-21-30(39)29-11-7-8-16-37-29/h4-18,22,30,39H,19-21H2,1-3H3. The Morgan fingerprint density at radius 3 is 2.31 bits per heavy atom. The van der Waals surface area contributed by atoms with E-state index in [0.717, 1.165) is 23.3 Å². The Balaban J connectivity index is 1.73. The average molecular weight is 579 g/mol. The van der Waals surface area contributed by atoms with Crippen molar-refractivity contribution in [2.75, 3.05) is 13.7 Å². The largest absolute Gasteiger partial charge is 0.496 e. The van der Waals surface area contributed by atoms with Crippen LogP contribution in [0.3, 0.4) is 0 Å². The second-order valence-corrected chi connectivity index (χ2v) is 10.2. The Bertz CT molecular complexity index is 1480. The number of amides is 1. The van der Waals surface area contributed by atoms with Crippen molar-refractivity contribution in [3.63, 3.8) is 0 Å². The van der Waals surface area contributed by atoms with Crippen LogP contribution < -0.4 is 4.74 Å². The number of hydrogen-bond donors (Lipinski definition) is 1. The zero-order valence-corrected chi connectivity index (χ0v) is 23.6. The number of hydrogen-bond acceptors (Lipinski definition) is 5. The van der Waals surface area contributed by atoms with Gasteiger partial charge in [0, 0.05) is 24.8 Å². The van der Waals surface area contributed by atoms with Crippen LogP contribution in [0.4, 0.5) is 18.0 Å². The molecule has 0 saturated carbocycles. The van der Waals surface area contributed by atoms with Crippen molar-refractivity contribution < 1.29 is 32.5 Å². The second-order valence-electron chi connectivity index (χ2n) is 10.2. The van der Waals surface area contributed by atoms with Gasteiger partial charge in [-0.05, 0) is 64.6 Å². The first-order valence-corrected chi connectivity index (χ1v) is 13.5. The van der Waals surface area contributed by atoms with E-state index in [1.165, 1.54) is 24.3 Å². The molecule has 1 atom stereocenters. The van der Waals surface area contributed by atoms with Crippen LogP contribution in [0.5, 0.6) is 5.75 Å². The summed E-state index contributed by atoms with van der Waals surface area (Å²) in [5.41, 5.74) is 2.62. The number of pyridine rings is 1. The summed E-state index contributed by atoms with van der Waals surface area (Å²) < 4.78 is 52.6. The summed E-state index contributed by atoms with van der Waals surface area (Å²) in [7, 11) is 1.50. The summed E-state index contributed by atoms with van der Waals surface area (Å²) in [4.78, 5) is 18.8.